The Hall–Kier alpha value is -0.890. The molecule has 0 aliphatic carbocycles. The Labute approximate surface area is 97.1 Å². The zero-order chi connectivity index (χ0) is 11.6. The van der Waals surface area contributed by atoms with Crippen molar-refractivity contribution < 1.29 is 4.39 Å². The van der Waals surface area contributed by atoms with Crippen LogP contribution in [0, 0.1) is 12.7 Å². The van der Waals surface area contributed by atoms with Gasteiger partial charge in [-0.25, -0.2) is 4.39 Å². The fourth-order valence-electron chi connectivity index (χ4n) is 2.58. The van der Waals surface area contributed by atoms with Gasteiger partial charge in [0.15, 0.2) is 0 Å². The average molecular weight is 221 g/mol. The SMILES string of the molecule is CCC1(Cc2ccc(C)c(F)c2)CCCN1. The first-order valence-corrected chi connectivity index (χ1v) is 6.15. The summed E-state index contributed by atoms with van der Waals surface area (Å²) in [4.78, 5) is 0. The highest BCUT2D eigenvalue weighted by atomic mass is 19.1. The molecule has 1 atom stereocenters. The maximum atomic E-state index is 13.5. The van der Waals surface area contributed by atoms with E-state index in [9.17, 15) is 4.39 Å². The molecule has 0 saturated carbocycles. The molecular weight excluding hydrogens is 201 g/mol. The van der Waals surface area contributed by atoms with Crippen molar-refractivity contribution in [2.75, 3.05) is 6.54 Å². The van der Waals surface area contributed by atoms with Crippen LogP contribution in [-0.4, -0.2) is 12.1 Å². The number of hydrogen-bond acceptors (Lipinski definition) is 1. The second-order valence-corrected chi connectivity index (χ2v) is 4.92. The van der Waals surface area contributed by atoms with Crippen molar-refractivity contribution in [1.29, 1.82) is 0 Å². The van der Waals surface area contributed by atoms with Gasteiger partial charge in [-0.2, -0.15) is 0 Å². The van der Waals surface area contributed by atoms with Gasteiger partial charge in [-0.3, -0.25) is 0 Å². The van der Waals surface area contributed by atoms with Crippen molar-refractivity contribution in [3.05, 3.63) is 35.1 Å². The molecule has 1 N–H and O–H groups in total. The summed E-state index contributed by atoms with van der Waals surface area (Å²) in [5.41, 5.74) is 2.05. The van der Waals surface area contributed by atoms with Gasteiger partial charge in [0, 0.05) is 5.54 Å². The lowest BCUT2D eigenvalue weighted by Crippen LogP contribution is -2.41. The quantitative estimate of drug-likeness (QED) is 0.826. The molecule has 1 aliphatic heterocycles. The Bertz CT molecular complexity index is 367. The molecule has 2 rings (SSSR count). The molecule has 0 bridgehead atoms. The van der Waals surface area contributed by atoms with E-state index in [0.717, 1.165) is 30.5 Å². The molecule has 1 nitrogen and oxygen atoms in total. The summed E-state index contributed by atoms with van der Waals surface area (Å²) in [6, 6.07) is 5.62. The van der Waals surface area contributed by atoms with Crippen LogP contribution >= 0.6 is 0 Å². The van der Waals surface area contributed by atoms with E-state index in [1.54, 1.807) is 6.07 Å². The van der Waals surface area contributed by atoms with E-state index in [1.807, 2.05) is 13.0 Å². The van der Waals surface area contributed by atoms with Gasteiger partial charge in [-0.1, -0.05) is 19.1 Å². The first-order valence-electron chi connectivity index (χ1n) is 6.15. The standard InChI is InChI=1S/C14H20FN/c1-3-14(7-4-8-16-14)10-12-6-5-11(2)13(15)9-12/h5-6,9,16H,3-4,7-8,10H2,1-2H3. The smallest absolute Gasteiger partial charge is 0.126 e. The van der Waals surface area contributed by atoms with Crippen molar-refractivity contribution in [2.24, 2.45) is 0 Å². The van der Waals surface area contributed by atoms with Crippen molar-refractivity contribution in [2.45, 2.75) is 45.1 Å². The first-order chi connectivity index (χ1) is 7.65. The maximum absolute atomic E-state index is 13.5. The number of aryl methyl sites for hydroxylation is 1. The summed E-state index contributed by atoms with van der Waals surface area (Å²) in [6.07, 6.45) is 4.50. The number of benzene rings is 1. The summed E-state index contributed by atoms with van der Waals surface area (Å²) < 4.78 is 13.5. The van der Waals surface area contributed by atoms with E-state index in [4.69, 9.17) is 0 Å². The molecule has 1 aromatic carbocycles. The van der Waals surface area contributed by atoms with Crippen LogP contribution < -0.4 is 5.32 Å². The van der Waals surface area contributed by atoms with Crippen molar-refractivity contribution >= 4 is 0 Å². The number of hydrogen-bond donors (Lipinski definition) is 1. The fraction of sp³-hybridized carbons (Fsp3) is 0.571. The van der Waals surface area contributed by atoms with E-state index < -0.39 is 0 Å². The lowest BCUT2D eigenvalue weighted by Gasteiger charge is -2.28. The van der Waals surface area contributed by atoms with E-state index in [2.05, 4.69) is 18.3 Å². The van der Waals surface area contributed by atoms with Crippen molar-refractivity contribution in [3.63, 3.8) is 0 Å². The molecule has 1 heterocycles. The predicted molar refractivity (Wildman–Crippen MR) is 65.1 cm³/mol. The van der Waals surface area contributed by atoms with Crippen LogP contribution in [0.4, 0.5) is 4.39 Å². The summed E-state index contributed by atoms with van der Waals surface area (Å²) in [5, 5.41) is 3.58. The zero-order valence-electron chi connectivity index (χ0n) is 10.1. The zero-order valence-corrected chi connectivity index (χ0v) is 10.1. The molecule has 0 amide bonds. The van der Waals surface area contributed by atoms with E-state index in [0.29, 0.717) is 0 Å². The summed E-state index contributed by atoms with van der Waals surface area (Å²) in [7, 11) is 0. The molecule has 1 aromatic rings. The second-order valence-electron chi connectivity index (χ2n) is 4.92. The number of rotatable bonds is 3. The first kappa shape index (κ1) is 11.6. The van der Waals surface area contributed by atoms with Crippen LogP contribution in [0.15, 0.2) is 18.2 Å². The van der Waals surface area contributed by atoms with Gasteiger partial charge in [0.05, 0.1) is 0 Å². The third-order valence-corrected chi connectivity index (χ3v) is 3.79. The van der Waals surface area contributed by atoms with Gasteiger partial charge >= 0.3 is 0 Å². The Morgan fingerprint density at radius 2 is 2.25 bits per heavy atom. The molecule has 1 fully saturated rings. The fourth-order valence-corrected chi connectivity index (χ4v) is 2.58. The molecule has 2 heteroatoms. The van der Waals surface area contributed by atoms with E-state index in [1.165, 1.54) is 12.8 Å². The largest absolute Gasteiger partial charge is 0.311 e. The highest BCUT2D eigenvalue weighted by Gasteiger charge is 2.31. The molecular formula is C14H20FN. The Morgan fingerprint density at radius 1 is 1.44 bits per heavy atom. The van der Waals surface area contributed by atoms with Gasteiger partial charge in [0.25, 0.3) is 0 Å². The summed E-state index contributed by atoms with van der Waals surface area (Å²) in [5.74, 6) is -0.0817. The molecule has 88 valence electrons. The third kappa shape index (κ3) is 2.27. The highest BCUT2D eigenvalue weighted by molar-refractivity contribution is 5.25. The normalized spacial score (nSPS) is 24.9. The average Bonchev–Trinajstić information content (AvgIpc) is 2.73. The molecule has 0 spiro atoms. The van der Waals surface area contributed by atoms with E-state index in [-0.39, 0.29) is 11.4 Å². The van der Waals surface area contributed by atoms with Crippen LogP contribution in [0.3, 0.4) is 0 Å². The lowest BCUT2D eigenvalue weighted by molar-refractivity contribution is 0.359. The van der Waals surface area contributed by atoms with Crippen LogP contribution in [-0.2, 0) is 6.42 Å². The van der Waals surface area contributed by atoms with Crippen LogP contribution in [0.5, 0.6) is 0 Å². The van der Waals surface area contributed by atoms with Gasteiger partial charge < -0.3 is 5.32 Å². The van der Waals surface area contributed by atoms with Gasteiger partial charge in [0.1, 0.15) is 5.82 Å². The van der Waals surface area contributed by atoms with Gasteiger partial charge in [-0.05, 0) is 56.3 Å². The summed E-state index contributed by atoms with van der Waals surface area (Å²) >= 11 is 0. The predicted octanol–water partition coefficient (Wildman–Crippen LogP) is 3.21. The molecule has 1 saturated heterocycles. The topological polar surface area (TPSA) is 12.0 Å². The van der Waals surface area contributed by atoms with Gasteiger partial charge in [0.2, 0.25) is 0 Å². The second kappa shape index (κ2) is 4.54. The van der Waals surface area contributed by atoms with Crippen molar-refractivity contribution in [3.8, 4) is 0 Å². The van der Waals surface area contributed by atoms with E-state index >= 15 is 0 Å². The third-order valence-electron chi connectivity index (χ3n) is 3.79. The van der Waals surface area contributed by atoms with Crippen LogP contribution in [0.2, 0.25) is 0 Å². The minimum Gasteiger partial charge on any atom is -0.311 e. The molecule has 16 heavy (non-hydrogen) atoms. The number of halogens is 1. The molecule has 1 aliphatic rings. The Kier molecular flexibility index (Phi) is 3.29. The van der Waals surface area contributed by atoms with Crippen LogP contribution in [0.1, 0.15) is 37.3 Å². The summed E-state index contributed by atoms with van der Waals surface area (Å²) in [6.45, 7) is 5.12. The molecule has 1 unspecified atom stereocenters. The Balaban J connectivity index is 2.16. The lowest BCUT2D eigenvalue weighted by atomic mass is 9.86. The Morgan fingerprint density at radius 3 is 2.81 bits per heavy atom. The minimum absolute atomic E-state index is 0.0817. The molecule has 0 aromatic heterocycles. The molecule has 0 radical (unpaired) electrons. The number of nitrogens with one attached hydrogen (secondary N) is 1. The van der Waals surface area contributed by atoms with Crippen LogP contribution in [0.25, 0.3) is 0 Å². The minimum atomic E-state index is -0.0817. The van der Waals surface area contributed by atoms with Gasteiger partial charge in [-0.15, -0.1) is 0 Å². The van der Waals surface area contributed by atoms with Crippen molar-refractivity contribution in [1.82, 2.24) is 5.32 Å². The highest BCUT2D eigenvalue weighted by Crippen LogP contribution is 2.27. The monoisotopic (exact) mass is 221 g/mol. The maximum Gasteiger partial charge on any atom is 0.126 e.